The van der Waals surface area contributed by atoms with Crippen LogP contribution in [0.25, 0.3) is 0 Å². The molecule has 0 bridgehead atoms. The van der Waals surface area contributed by atoms with Crippen molar-refractivity contribution in [3.05, 3.63) is 65.2 Å². The number of amides is 3. The summed E-state index contributed by atoms with van der Waals surface area (Å²) in [5.41, 5.74) is 2.07. The van der Waals surface area contributed by atoms with Crippen molar-refractivity contribution in [2.24, 2.45) is 0 Å². The third-order valence-electron chi connectivity index (χ3n) is 5.22. The number of benzene rings is 2. The molecule has 5 heteroatoms. The minimum absolute atomic E-state index is 0.168. The van der Waals surface area contributed by atoms with Gasteiger partial charge < -0.3 is 4.90 Å². The predicted octanol–water partition coefficient (Wildman–Crippen LogP) is 3.18. The molecule has 0 N–H and O–H groups in total. The molecule has 2 aliphatic rings. The molecule has 132 valence electrons. The molecule has 2 heterocycles. The second-order valence-corrected chi connectivity index (χ2v) is 6.82. The molecule has 1 atom stereocenters. The number of piperidine rings is 1. The lowest BCUT2D eigenvalue weighted by Gasteiger charge is -2.34. The summed E-state index contributed by atoms with van der Waals surface area (Å²) in [5.74, 6) is -0.851. The lowest BCUT2D eigenvalue weighted by Crippen LogP contribution is -2.52. The second-order valence-electron chi connectivity index (χ2n) is 6.82. The van der Waals surface area contributed by atoms with Gasteiger partial charge >= 0.3 is 0 Å². The SMILES string of the molecule is Cc1ccccc1C(=O)N1C(=O)[C@H]2CCCCN2C(=O)c2ccccc21. The third kappa shape index (κ3) is 2.51. The Morgan fingerprint density at radius 3 is 2.54 bits per heavy atom. The van der Waals surface area contributed by atoms with E-state index in [1.165, 1.54) is 4.90 Å². The maximum absolute atomic E-state index is 13.3. The molecule has 2 aromatic rings. The van der Waals surface area contributed by atoms with Crippen molar-refractivity contribution in [2.75, 3.05) is 11.4 Å². The van der Waals surface area contributed by atoms with Crippen LogP contribution in [-0.2, 0) is 4.79 Å². The van der Waals surface area contributed by atoms with Crippen LogP contribution in [0.5, 0.6) is 0 Å². The number of carbonyl (C=O) groups excluding carboxylic acids is 3. The largest absolute Gasteiger partial charge is 0.327 e. The fourth-order valence-corrected chi connectivity index (χ4v) is 3.85. The van der Waals surface area contributed by atoms with Gasteiger partial charge in [-0.25, -0.2) is 4.90 Å². The minimum atomic E-state index is -0.573. The van der Waals surface area contributed by atoms with Crippen LogP contribution in [0, 0.1) is 6.92 Å². The van der Waals surface area contributed by atoms with Crippen molar-refractivity contribution in [1.29, 1.82) is 0 Å². The molecule has 0 aromatic heterocycles. The highest BCUT2D eigenvalue weighted by molar-refractivity contribution is 6.26. The first-order valence-corrected chi connectivity index (χ1v) is 8.93. The van der Waals surface area contributed by atoms with Crippen LogP contribution >= 0.6 is 0 Å². The smallest absolute Gasteiger partial charge is 0.265 e. The van der Waals surface area contributed by atoms with Gasteiger partial charge in [0.25, 0.3) is 17.7 Å². The summed E-state index contributed by atoms with van der Waals surface area (Å²) in [4.78, 5) is 42.5. The van der Waals surface area contributed by atoms with Crippen LogP contribution < -0.4 is 4.90 Å². The Morgan fingerprint density at radius 2 is 1.73 bits per heavy atom. The number of fused-ring (bicyclic) bond motifs is 2. The van der Waals surface area contributed by atoms with Crippen molar-refractivity contribution >= 4 is 23.4 Å². The molecule has 0 spiro atoms. The van der Waals surface area contributed by atoms with Gasteiger partial charge in [-0.05, 0) is 49.9 Å². The number of hydrogen-bond acceptors (Lipinski definition) is 3. The number of anilines is 1. The van der Waals surface area contributed by atoms with Crippen LogP contribution in [0.3, 0.4) is 0 Å². The van der Waals surface area contributed by atoms with Crippen LogP contribution in [0.15, 0.2) is 48.5 Å². The number of imide groups is 1. The van der Waals surface area contributed by atoms with Gasteiger partial charge in [0.15, 0.2) is 0 Å². The average Bonchev–Trinajstić information content (AvgIpc) is 2.76. The van der Waals surface area contributed by atoms with Crippen LogP contribution in [0.2, 0.25) is 0 Å². The van der Waals surface area contributed by atoms with Crippen molar-refractivity contribution in [3.8, 4) is 0 Å². The molecule has 2 aliphatic heterocycles. The molecule has 0 aliphatic carbocycles. The first-order valence-electron chi connectivity index (χ1n) is 8.93. The van der Waals surface area contributed by atoms with Gasteiger partial charge in [0, 0.05) is 12.1 Å². The summed E-state index contributed by atoms with van der Waals surface area (Å²) in [6, 6.07) is 13.5. The maximum Gasteiger partial charge on any atom is 0.265 e. The molecule has 1 fully saturated rings. The standard InChI is InChI=1S/C21H20N2O3/c1-14-8-2-3-9-15(14)20(25)23-17-11-5-4-10-16(17)19(24)22-13-7-6-12-18(22)21(23)26/h2-5,8-11,18H,6-7,12-13H2,1H3/t18-/m1/s1. The fraction of sp³-hybridized carbons (Fsp3) is 0.286. The molecule has 1 saturated heterocycles. The quantitative estimate of drug-likeness (QED) is 0.744. The lowest BCUT2D eigenvalue weighted by atomic mass is 10.0. The normalized spacial score (nSPS) is 19.7. The van der Waals surface area contributed by atoms with Gasteiger partial charge in [-0.15, -0.1) is 0 Å². The zero-order valence-electron chi connectivity index (χ0n) is 14.6. The highest BCUT2D eigenvalue weighted by Gasteiger charge is 2.43. The molecule has 2 aromatic carbocycles. The van der Waals surface area contributed by atoms with Gasteiger partial charge in [-0.1, -0.05) is 30.3 Å². The highest BCUT2D eigenvalue weighted by Crippen LogP contribution is 2.33. The lowest BCUT2D eigenvalue weighted by molar-refractivity contribution is -0.123. The molecular weight excluding hydrogens is 328 g/mol. The van der Waals surface area contributed by atoms with E-state index in [0.717, 1.165) is 18.4 Å². The average molecular weight is 348 g/mol. The van der Waals surface area contributed by atoms with Gasteiger partial charge in [0.1, 0.15) is 6.04 Å². The van der Waals surface area contributed by atoms with E-state index < -0.39 is 6.04 Å². The van der Waals surface area contributed by atoms with E-state index in [1.807, 2.05) is 19.1 Å². The number of nitrogens with zero attached hydrogens (tertiary/aromatic N) is 2. The van der Waals surface area contributed by atoms with E-state index in [-0.39, 0.29) is 17.7 Å². The van der Waals surface area contributed by atoms with E-state index in [9.17, 15) is 14.4 Å². The molecular formula is C21H20N2O3. The zero-order chi connectivity index (χ0) is 18.3. The van der Waals surface area contributed by atoms with Crippen LogP contribution in [0.4, 0.5) is 5.69 Å². The Kier molecular flexibility index (Phi) is 4.07. The fourth-order valence-electron chi connectivity index (χ4n) is 3.85. The summed E-state index contributed by atoms with van der Waals surface area (Å²) >= 11 is 0. The molecule has 0 unspecified atom stereocenters. The maximum atomic E-state index is 13.3. The summed E-state index contributed by atoms with van der Waals surface area (Å²) in [7, 11) is 0. The van der Waals surface area contributed by atoms with Crippen molar-refractivity contribution in [1.82, 2.24) is 4.90 Å². The highest BCUT2D eigenvalue weighted by atomic mass is 16.2. The molecule has 4 rings (SSSR count). The Balaban J connectivity index is 1.88. The zero-order valence-corrected chi connectivity index (χ0v) is 14.6. The Labute approximate surface area is 152 Å². The van der Waals surface area contributed by atoms with Gasteiger partial charge in [0.2, 0.25) is 0 Å². The van der Waals surface area contributed by atoms with Gasteiger partial charge in [-0.3, -0.25) is 14.4 Å². The van der Waals surface area contributed by atoms with E-state index in [1.54, 1.807) is 41.3 Å². The first kappa shape index (κ1) is 16.5. The Hall–Kier alpha value is -2.95. The molecule has 5 nitrogen and oxygen atoms in total. The van der Waals surface area contributed by atoms with Gasteiger partial charge in [-0.2, -0.15) is 0 Å². The van der Waals surface area contributed by atoms with Crippen molar-refractivity contribution in [2.45, 2.75) is 32.2 Å². The molecule has 3 amide bonds. The van der Waals surface area contributed by atoms with E-state index in [4.69, 9.17) is 0 Å². The van der Waals surface area contributed by atoms with E-state index in [2.05, 4.69) is 0 Å². The van der Waals surface area contributed by atoms with Crippen molar-refractivity contribution in [3.63, 3.8) is 0 Å². The molecule has 0 radical (unpaired) electrons. The second kappa shape index (κ2) is 6.41. The third-order valence-corrected chi connectivity index (χ3v) is 5.22. The van der Waals surface area contributed by atoms with E-state index >= 15 is 0 Å². The summed E-state index contributed by atoms with van der Waals surface area (Å²) in [5, 5.41) is 0. The summed E-state index contributed by atoms with van der Waals surface area (Å²) in [6.45, 7) is 2.40. The first-order chi connectivity index (χ1) is 12.6. The molecule has 26 heavy (non-hydrogen) atoms. The van der Waals surface area contributed by atoms with Crippen LogP contribution in [0.1, 0.15) is 45.5 Å². The minimum Gasteiger partial charge on any atom is -0.327 e. The van der Waals surface area contributed by atoms with Crippen molar-refractivity contribution < 1.29 is 14.4 Å². The van der Waals surface area contributed by atoms with Crippen LogP contribution in [-0.4, -0.2) is 35.2 Å². The molecule has 0 saturated carbocycles. The van der Waals surface area contributed by atoms with E-state index in [0.29, 0.717) is 29.8 Å². The van der Waals surface area contributed by atoms with Gasteiger partial charge in [0.05, 0.1) is 11.3 Å². The predicted molar refractivity (Wildman–Crippen MR) is 98.1 cm³/mol. The number of carbonyl (C=O) groups is 3. The number of rotatable bonds is 1. The number of para-hydroxylation sites is 1. The number of hydrogen-bond donors (Lipinski definition) is 0. The topological polar surface area (TPSA) is 57.7 Å². The summed E-state index contributed by atoms with van der Waals surface area (Å²) < 4.78 is 0. The Morgan fingerprint density at radius 1 is 1.00 bits per heavy atom. The number of aryl methyl sites for hydroxylation is 1. The Bertz CT molecular complexity index is 906. The monoisotopic (exact) mass is 348 g/mol. The summed E-state index contributed by atoms with van der Waals surface area (Å²) in [6.07, 6.45) is 2.35.